The average Bonchev–Trinajstić information content (AvgIpc) is 3.03. The molecule has 0 radical (unpaired) electrons. The van der Waals surface area contributed by atoms with E-state index in [2.05, 4.69) is 15.0 Å². The van der Waals surface area contributed by atoms with Crippen LogP contribution in [0.5, 0.6) is 0 Å². The molecule has 0 aliphatic heterocycles. The van der Waals surface area contributed by atoms with Crippen molar-refractivity contribution in [2.75, 3.05) is 6.54 Å². The van der Waals surface area contributed by atoms with Gasteiger partial charge in [0.05, 0.1) is 28.1 Å². The molecule has 2 aromatic heterocycles. The molecule has 21 heavy (non-hydrogen) atoms. The molecule has 0 fully saturated rings. The summed E-state index contributed by atoms with van der Waals surface area (Å²) in [6, 6.07) is 2.89. The summed E-state index contributed by atoms with van der Waals surface area (Å²) in [7, 11) is -3.70. The van der Waals surface area contributed by atoms with Gasteiger partial charge in [0.25, 0.3) is 10.0 Å². The van der Waals surface area contributed by atoms with Gasteiger partial charge in [-0.05, 0) is 19.1 Å². The monoisotopic (exact) mass is 365 g/mol. The number of hydrogen-bond acceptors (Lipinski definition) is 6. The number of aryl methyl sites for hydroxylation is 1. The SMILES string of the molecule is Cc1nc(CNC(=O)CNS(=O)(=O)c2ccc(Cl)s2)cs1. The van der Waals surface area contributed by atoms with Crippen LogP contribution in [0.15, 0.2) is 21.7 Å². The van der Waals surface area contributed by atoms with Crippen LogP contribution in [-0.2, 0) is 21.4 Å². The Balaban J connectivity index is 1.83. The van der Waals surface area contributed by atoms with Gasteiger partial charge < -0.3 is 5.32 Å². The molecular weight excluding hydrogens is 354 g/mol. The fourth-order valence-corrected chi connectivity index (χ4v) is 4.54. The smallest absolute Gasteiger partial charge is 0.250 e. The molecule has 0 saturated heterocycles. The Hall–Kier alpha value is -1.000. The molecule has 2 heterocycles. The van der Waals surface area contributed by atoms with Crippen LogP contribution < -0.4 is 10.0 Å². The first-order valence-electron chi connectivity index (χ1n) is 5.79. The Kier molecular flexibility index (Phi) is 5.33. The number of rotatable bonds is 6. The summed E-state index contributed by atoms with van der Waals surface area (Å²) < 4.78 is 26.4. The summed E-state index contributed by atoms with van der Waals surface area (Å²) in [5, 5.41) is 5.35. The largest absolute Gasteiger partial charge is 0.349 e. The van der Waals surface area contributed by atoms with Gasteiger partial charge in [-0.25, -0.2) is 18.1 Å². The van der Waals surface area contributed by atoms with Gasteiger partial charge in [-0.3, -0.25) is 4.79 Å². The third kappa shape index (κ3) is 4.75. The van der Waals surface area contributed by atoms with E-state index in [4.69, 9.17) is 11.6 Å². The minimum absolute atomic E-state index is 0.0791. The molecule has 2 N–H and O–H groups in total. The summed E-state index contributed by atoms with van der Waals surface area (Å²) in [4.78, 5) is 15.8. The molecule has 0 spiro atoms. The Morgan fingerprint density at radius 2 is 2.19 bits per heavy atom. The molecule has 0 aromatic carbocycles. The highest BCUT2D eigenvalue weighted by atomic mass is 35.5. The van der Waals surface area contributed by atoms with Crippen LogP contribution in [0.2, 0.25) is 4.34 Å². The predicted octanol–water partition coefficient (Wildman–Crippen LogP) is 1.76. The number of nitrogens with zero attached hydrogens (tertiary/aromatic N) is 1. The maximum absolute atomic E-state index is 11.9. The van der Waals surface area contributed by atoms with E-state index in [0.717, 1.165) is 22.0 Å². The van der Waals surface area contributed by atoms with Crippen molar-refractivity contribution in [3.8, 4) is 0 Å². The van der Waals surface area contributed by atoms with Crippen molar-refractivity contribution in [3.63, 3.8) is 0 Å². The highest BCUT2D eigenvalue weighted by molar-refractivity contribution is 7.91. The van der Waals surface area contributed by atoms with Crippen LogP contribution in [0.25, 0.3) is 0 Å². The number of thiophene rings is 1. The van der Waals surface area contributed by atoms with E-state index in [0.29, 0.717) is 4.34 Å². The molecule has 0 atom stereocenters. The van der Waals surface area contributed by atoms with E-state index >= 15 is 0 Å². The van der Waals surface area contributed by atoms with E-state index in [1.165, 1.54) is 23.5 Å². The summed E-state index contributed by atoms with van der Waals surface area (Å²) in [6.45, 7) is 1.81. The fraction of sp³-hybridized carbons (Fsp3) is 0.273. The van der Waals surface area contributed by atoms with E-state index in [1.54, 1.807) is 0 Å². The number of halogens is 1. The normalized spacial score (nSPS) is 11.5. The second kappa shape index (κ2) is 6.84. The number of aromatic nitrogens is 1. The summed E-state index contributed by atoms with van der Waals surface area (Å²) >= 11 is 8.11. The molecule has 0 bridgehead atoms. The number of nitrogens with one attached hydrogen (secondary N) is 2. The zero-order valence-corrected chi connectivity index (χ0v) is 14.1. The van der Waals surface area contributed by atoms with Gasteiger partial charge >= 0.3 is 0 Å². The highest BCUT2D eigenvalue weighted by Crippen LogP contribution is 2.25. The van der Waals surface area contributed by atoms with Crippen molar-refractivity contribution in [2.24, 2.45) is 0 Å². The molecule has 0 aliphatic rings. The maximum Gasteiger partial charge on any atom is 0.250 e. The van der Waals surface area contributed by atoms with E-state index in [1.807, 2.05) is 12.3 Å². The Labute approximate surface area is 135 Å². The number of thiazole rings is 1. The van der Waals surface area contributed by atoms with Crippen LogP contribution in [0, 0.1) is 6.92 Å². The summed E-state index contributed by atoms with van der Waals surface area (Å²) in [5.41, 5.74) is 0.749. The Morgan fingerprint density at radius 3 is 2.76 bits per heavy atom. The average molecular weight is 366 g/mol. The second-order valence-electron chi connectivity index (χ2n) is 4.02. The van der Waals surface area contributed by atoms with Crippen LogP contribution in [0.1, 0.15) is 10.7 Å². The van der Waals surface area contributed by atoms with Gasteiger partial charge in [-0.15, -0.1) is 22.7 Å². The van der Waals surface area contributed by atoms with E-state index < -0.39 is 15.9 Å². The number of carbonyl (C=O) groups excluding carboxylic acids is 1. The third-order valence-electron chi connectivity index (χ3n) is 2.37. The number of hydrogen-bond donors (Lipinski definition) is 2. The van der Waals surface area contributed by atoms with Crippen molar-refractivity contribution in [1.82, 2.24) is 15.0 Å². The zero-order chi connectivity index (χ0) is 15.5. The Morgan fingerprint density at radius 1 is 1.43 bits per heavy atom. The van der Waals surface area contributed by atoms with Gasteiger partial charge in [0, 0.05) is 5.38 Å². The van der Waals surface area contributed by atoms with Crippen LogP contribution in [0.4, 0.5) is 0 Å². The molecule has 114 valence electrons. The second-order valence-corrected chi connectivity index (χ2v) is 8.79. The minimum atomic E-state index is -3.70. The lowest BCUT2D eigenvalue weighted by molar-refractivity contribution is -0.120. The minimum Gasteiger partial charge on any atom is -0.349 e. The standard InChI is InChI=1S/C11H12ClN3O3S3/c1-7-15-8(6-19-7)4-13-10(16)5-14-21(17,18)11-3-2-9(12)20-11/h2-3,6,14H,4-5H2,1H3,(H,13,16). The molecule has 6 nitrogen and oxygen atoms in total. The molecule has 2 aromatic rings. The summed E-state index contributed by atoms with van der Waals surface area (Å²) in [5.74, 6) is -0.424. The lowest BCUT2D eigenvalue weighted by Crippen LogP contribution is -2.36. The topological polar surface area (TPSA) is 88.2 Å². The van der Waals surface area contributed by atoms with Gasteiger partial charge in [0.2, 0.25) is 5.91 Å². The van der Waals surface area contributed by atoms with Gasteiger partial charge in [-0.1, -0.05) is 11.6 Å². The number of carbonyl (C=O) groups is 1. The molecular formula is C11H12ClN3O3S3. The zero-order valence-electron chi connectivity index (χ0n) is 10.9. The molecule has 2 rings (SSSR count). The maximum atomic E-state index is 11.9. The van der Waals surface area contributed by atoms with Crippen LogP contribution >= 0.6 is 34.3 Å². The number of amides is 1. The molecule has 10 heteroatoms. The summed E-state index contributed by atoms with van der Waals surface area (Å²) in [6.07, 6.45) is 0. The van der Waals surface area contributed by atoms with E-state index in [-0.39, 0.29) is 17.3 Å². The van der Waals surface area contributed by atoms with Gasteiger partial charge in [-0.2, -0.15) is 0 Å². The van der Waals surface area contributed by atoms with Gasteiger partial charge in [0.15, 0.2) is 0 Å². The van der Waals surface area contributed by atoms with Crippen molar-refractivity contribution >= 4 is 50.2 Å². The lowest BCUT2D eigenvalue weighted by atomic mass is 10.4. The van der Waals surface area contributed by atoms with Crippen LogP contribution in [0.3, 0.4) is 0 Å². The Bertz CT molecular complexity index is 739. The molecule has 0 saturated carbocycles. The first-order chi connectivity index (χ1) is 9.87. The van der Waals surface area contributed by atoms with Crippen molar-refractivity contribution in [3.05, 3.63) is 32.6 Å². The molecule has 1 amide bonds. The lowest BCUT2D eigenvalue weighted by Gasteiger charge is -2.05. The number of sulfonamides is 1. The fourth-order valence-electron chi connectivity index (χ4n) is 1.41. The third-order valence-corrected chi connectivity index (χ3v) is 6.32. The highest BCUT2D eigenvalue weighted by Gasteiger charge is 2.17. The van der Waals surface area contributed by atoms with Crippen LogP contribution in [-0.4, -0.2) is 25.9 Å². The first-order valence-corrected chi connectivity index (χ1v) is 9.35. The quantitative estimate of drug-likeness (QED) is 0.816. The molecule has 0 unspecified atom stereocenters. The first kappa shape index (κ1) is 16.4. The van der Waals surface area contributed by atoms with E-state index in [9.17, 15) is 13.2 Å². The van der Waals surface area contributed by atoms with Crippen molar-refractivity contribution in [1.29, 1.82) is 0 Å². The predicted molar refractivity (Wildman–Crippen MR) is 83.2 cm³/mol. The van der Waals surface area contributed by atoms with Crippen molar-refractivity contribution < 1.29 is 13.2 Å². The van der Waals surface area contributed by atoms with Gasteiger partial charge in [0.1, 0.15) is 4.21 Å². The van der Waals surface area contributed by atoms with Crippen molar-refractivity contribution in [2.45, 2.75) is 17.7 Å². The molecule has 0 aliphatic carbocycles.